The molecule has 0 aromatic carbocycles. The molecule has 6 aromatic heterocycles. The lowest BCUT2D eigenvalue weighted by atomic mass is 10.2. The number of imidazole rings is 2. The number of nitrogens with one attached hydrogen (secondary N) is 2. The first kappa shape index (κ1) is 68.2. The number of hydrogen-bond donors (Lipinski definition) is 14. The molecule has 88 heavy (non-hydrogen) atoms. The number of ether oxygens (including phenoxy) is 4. The van der Waals surface area contributed by atoms with Gasteiger partial charge in [0.05, 0.1) is 47.6 Å². The van der Waals surface area contributed by atoms with Crippen molar-refractivity contribution in [2.24, 2.45) is 0 Å². The molecule has 0 radical (unpaired) electrons. The van der Waals surface area contributed by atoms with Gasteiger partial charge >= 0.3 is 42.7 Å². The first-order chi connectivity index (χ1) is 41.0. The van der Waals surface area contributed by atoms with Crippen molar-refractivity contribution >= 4 is 141 Å². The fourth-order valence-corrected chi connectivity index (χ4v) is 13.5. The monoisotopic (exact) mass is 1580 g/mol. The molecule has 4 aliphatic rings. The van der Waals surface area contributed by atoms with Crippen LogP contribution < -0.4 is 45.4 Å². The number of nitrogens with two attached hydrogens (primary N) is 4. The number of phosphoric acid groups is 4. The summed E-state index contributed by atoms with van der Waals surface area (Å²) in [6.45, 7) is -2.88. The van der Waals surface area contributed by atoms with Gasteiger partial charge in [-0.3, -0.25) is 65.0 Å². The van der Waals surface area contributed by atoms with Gasteiger partial charge in [-0.2, -0.15) is 19.9 Å². The molecule has 18 N–H and O–H groups in total. The number of aliphatic hydroxyl groups excluding tert-OH is 2. The molecular weight excluding hydrogens is 1540 g/mol. The van der Waals surface area contributed by atoms with Crippen molar-refractivity contribution in [1.82, 2.24) is 58.1 Å². The molecular formula is C38H48Br4N16O26P4. The number of nitrogen functional groups attached to an aromatic ring is 4. The highest BCUT2D eigenvalue weighted by Crippen LogP contribution is 2.52. The lowest BCUT2D eigenvalue weighted by Crippen LogP contribution is -2.30. The number of hydrogen-bond acceptors (Lipinski definition) is 30. The molecule has 0 bridgehead atoms. The molecule has 42 nitrogen and oxygen atoms in total. The quantitative estimate of drug-likeness (QED) is 0.0329. The standard InChI is InChI=1S/2C19H24Br2N8O13P2/c2*20-6-3-28(19(32)25-14(6)22)11-1-7(30)9(40-11)4-39-44(36,37)42-8-2-12(41-10(8)5-38-43(33,34)35)29-15-13(24-17(29)21)16(31)27-18(23)26-15/h2*3,7-12,30H,1-2,4-5H2,(H,36,37)(H2,22,25,32)(H2,33,34,35)(H3,23,26,27,31)/t2*7-,8-,9+,10+,11+,12+/m00/s1. The van der Waals surface area contributed by atoms with Gasteiger partial charge in [0.25, 0.3) is 11.1 Å². The summed E-state index contributed by atoms with van der Waals surface area (Å²) >= 11 is 12.7. The summed E-state index contributed by atoms with van der Waals surface area (Å²) in [6.07, 6.45) is -12.4. The summed E-state index contributed by atoms with van der Waals surface area (Å²) in [5, 5.41) is 20.9. The Labute approximate surface area is 521 Å². The van der Waals surface area contributed by atoms with E-state index in [9.17, 15) is 77.0 Å². The highest BCUT2D eigenvalue weighted by molar-refractivity contribution is 9.11. The molecule has 0 spiro atoms. The van der Waals surface area contributed by atoms with Gasteiger partial charge in [-0.1, -0.05) is 0 Å². The minimum atomic E-state index is -5.00. The van der Waals surface area contributed by atoms with Gasteiger partial charge in [0, 0.05) is 38.1 Å². The second-order valence-corrected chi connectivity index (χ2v) is 27.5. The van der Waals surface area contributed by atoms with Crippen LogP contribution in [0, 0.1) is 0 Å². The number of aromatic nitrogens is 12. The number of fused-ring (bicyclic) bond motifs is 2. The largest absolute Gasteiger partial charge is 0.472 e. The van der Waals surface area contributed by atoms with Crippen molar-refractivity contribution in [3.8, 4) is 0 Å². The van der Waals surface area contributed by atoms with Gasteiger partial charge in [0.2, 0.25) is 11.9 Å². The molecule has 0 saturated carbocycles. The fraction of sp³-hybridized carbons (Fsp3) is 0.526. The molecule has 10 heterocycles. The predicted molar refractivity (Wildman–Crippen MR) is 305 cm³/mol. The second kappa shape index (κ2) is 26.8. The van der Waals surface area contributed by atoms with Crippen LogP contribution in [-0.4, -0.2) is 173 Å². The number of nitrogens with zero attached hydrogens (tertiary/aromatic N) is 10. The van der Waals surface area contributed by atoms with Crippen LogP contribution in [0.3, 0.4) is 0 Å². The van der Waals surface area contributed by atoms with E-state index in [1.54, 1.807) is 0 Å². The number of anilines is 4. The third-order valence-electron chi connectivity index (χ3n) is 13.0. The maximum atomic E-state index is 13.0. The average Bonchev–Trinajstić information content (AvgIpc) is 1.75. The van der Waals surface area contributed by atoms with Crippen LogP contribution in [0.25, 0.3) is 22.3 Å². The van der Waals surface area contributed by atoms with Crippen molar-refractivity contribution < 1.29 is 104 Å². The van der Waals surface area contributed by atoms with E-state index in [4.69, 9.17) is 60.0 Å². The first-order valence-corrected chi connectivity index (χ1v) is 33.9. The average molecular weight is 1590 g/mol. The predicted octanol–water partition coefficient (Wildman–Crippen LogP) is -0.773. The zero-order valence-electron chi connectivity index (χ0n) is 43.7. The van der Waals surface area contributed by atoms with Crippen LogP contribution in [0.1, 0.15) is 50.6 Å². The maximum Gasteiger partial charge on any atom is 0.472 e. The SMILES string of the molecule is Nc1nc2c(nc(Br)n2[C@H]2C[C@H](OP(=O)(O)OC[C@H]3O[C@@H](n4cc(Br)c(N)nc4=O)C[C@@H]3O)[C@@H](COP(=O)(O)O)O2)c(=O)[nH]1.Nc1nc2c(nc(Br)n2[C@H]2C[C@H](OP(=O)(O)OC[C@H]3O[C@@H](n4cc(Br)c(N)nc4=O)C[C@@H]3O)[C@@H](COP(=O)(O)O)O2)c(=O)[nH]1. The maximum absolute atomic E-state index is 13.0. The van der Waals surface area contributed by atoms with Crippen molar-refractivity contribution in [2.75, 3.05) is 49.4 Å². The zero-order valence-corrected chi connectivity index (χ0v) is 53.7. The number of H-pyrrole nitrogens is 2. The molecule has 0 amide bonds. The molecule has 4 aliphatic heterocycles. The molecule has 10 rings (SSSR count). The van der Waals surface area contributed by atoms with Crippen molar-refractivity contribution in [1.29, 1.82) is 0 Å². The van der Waals surface area contributed by atoms with Crippen LogP contribution >= 0.6 is 95.0 Å². The third-order valence-corrected chi connectivity index (χ3v) is 18.4. The number of aliphatic hydroxyl groups is 2. The molecule has 484 valence electrons. The molecule has 4 saturated heterocycles. The van der Waals surface area contributed by atoms with E-state index in [1.165, 1.54) is 21.5 Å². The Morgan fingerprint density at radius 3 is 1.20 bits per heavy atom. The molecule has 50 heteroatoms. The van der Waals surface area contributed by atoms with Gasteiger partial charge in [0.15, 0.2) is 31.8 Å². The fourth-order valence-electron chi connectivity index (χ4n) is 9.18. The number of halogens is 4. The zero-order chi connectivity index (χ0) is 64.3. The Morgan fingerprint density at radius 1 is 0.511 bits per heavy atom. The van der Waals surface area contributed by atoms with Crippen LogP contribution in [0.5, 0.6) is 0 Å². The van der Waals surface area contributed by atoms with Crippen LogP contribution in [0.15, 0.2) is 50.0 Å². The Hall–Kier alpha value is -4.22. The Kier molecular flexibility index (Phi) is 20.7. The van der Waals surface area contributed by atoms with Gasteiger partial charge < -0.3 is 81.5 Å². The summed E-state index contributed by atoms with van der Waals surface area (Å²) in [5.74, 6) is -0.567. The molecule has 2 unspecified atom stereocenters. The summed E-state index contributed by atoms with van der Waals surface area (Å²) < 4.78 is 107. The van der Waals surface area contributed by atoms with E-state index in [-0.39, 0.29) is 81.0 Å². The summed E-state index contributed by atoms with van der Waals surface area (Å²) in [5.41, 5.74) is 19.4. The smallest absolute Gasteiger partial charge is 0.390 e. The highest BCUT2D eigenvalue weighted by atomic mass is 79.9. The van der Waals surface area contributed by atoms with E-state index in [0.717, 1.165) is 9.13 Å². The second-order valence-electron chi connectivity index (χ2n) is 19.1. The Morgan fingerprint density at radius 2 is 0.852 bits per heavy atom. The van der Waals surface area contributed by atoms with Crippen LogP contribution in [0.2, 0.25) is 0 Å². The van der Waals surface area contributed by atoms with Gasteiger partial charge in [-0.25, -0.2) is 37.8 Å². The van der Waals surface area contributed by atoms with Crippen molar-refractivity contribution in [2.45, 2.75) is 99.4 Å². The Balaban J connectivity index is 0.000000209. The lowest BCUT2D eigenvalue weighted by Gasteiger charge is -2.22. The van der Waals surface area contributed by atoms with E-state index >= 15 is 0 Å². The normalized spacial score (nSPS) is 27.2. The number of phosphoric ester groups is 4. The molecule has 0 aliphatic carbocycles. The summed E-state index contributed by atoms with van der Waals surface area (Å²) in [6, 6.07) is 0. The first-order valence-electron chi connectivity index (χ1n) is 24.7. The van der Waals surface area contributed by atoms with Crippen molar-refractivity contribution in [3.63, 3.8) is 0 Å². The van der Waals surface area contributed by atoms with Gasteiger partial charge in [-0.15, -0.1) is 0 Å². The van der Waals surface area contributed by atoms with E-state index in [2.05, 4.69) is 113 Å². The van der Waals surface area contributed by atoms with E-state index < -0.39 is 154 Å². The molecule has 14 atom stereocenters. The summed E-state index contributed by atoms with van der Waals surface area (Å²) in [7, 11) is -19.9. The third kappa shape index (κ3) is 16.1. The highest BCUT2D eigenvalue weighted by Gasteiger charge is 2.47. The van der Waals surface area contributed by atoms with Crippen molar-refractivity contribution in [3.05, 3.63) is 72.5 Å². The number of aromatic amines is 2. The molecule has 4 fully saturated rings. The lowest BCUT2D eigenvalue weighted by molar-refractivity contribution is -0.0565. The van der Waals surface area contributed by atoms with E-state index in [0.29, 0.717) is 8.95 Å². The van der Waals surface area contributed by atoms with E-state index in [1.807, 2.05) is 0 Å². The minimum Gasteiger partial charge on any atom is -0.390 e. The summed E-state index contributed by atoms with van der Waals surface area (Å²) in [4.78, 5) is 135. The number of rotatable bonds is 20. The van der Waals surface area contributed by atoms with Crippen LogP contribution in [0.4, 0.5) is 23.5 Å². The van der Waals surface area contributed by atoms with Gasteiger partial charge in [0.1, 0.15) is 73.2 Å². The van der Waals surface area contributed by atoms with Crippen LogP contribution in [-0.2, 0) is 64.4 Å². The van der Waals surface area contributed by atoms with Gasteiger partial charge in [-0.05, 0) is 63.7 Å². The topological polar surface area (TPSA) is 623 Å². The minimum absolute atomic E-state index is 0.0220. The Bertz CT molecular complexity index is 3820. The molecule has 6 aromatic rings.